The van der Waals surface area contributed by atoms with E-state index >= 15 is 0 Å². The fraction of sp³-hybridized carbons (Fsp3) is 0.455. The molecule has 166 valence electrons. The lowest BCUT2D eigenvalue weighted by atomic mass is 9.95. The van der Waals surface area contributed by atoms with E-state index in [4.69, 9.17) is 0 Å². The van der Waals surface area contributed by atoms with E-state index in [0.29, 0.717) is 36.1 Å². The van der Waals surface area contributed by atoms with Gasteiger partial charge in [-0.15, -0.1) is 11.3 Å². The summed E-state index contributed by atoms with van der Waals surface area (Å²) in [4.78, 5) is 21.1. The zero-order valence-electron chi connectivity index (χ0n) is 17.7. The number of aromatic amines is 1. The maximum atomic E-state index is 13.0. The number of imidazole rings is 1. The van der Waals surface area contributed by atoms with Gasteiger partial charge in [0, 0.05) is 19.0 Å². The molecule has 4 rings (SSSR count). The predicted octanol–water partition coefficient (Wildman–Crippen LogP) is 3.93. The van der Waals surface area contributed by atoms with Gasteiger partial charge in [-0.05, 0) is 48.8 Å². The average Bonchev–Trinajstić information content (AvgIpc) is 3.43. The van der Waals surface area contributed by atoms with Gasteiger partial charge in [0.2, 0.25) is 5.91 Å². The molecule has 7 nitrogen and oxygen atoms in total. The van der Waals surface area contributed by atoms with Crippen LogP contribution in [0, 0.1) is 11.8 Å². The smallest absolute Gasteiger partial charge is 0.252 e. The molecule has 0 saturated carbocycles. The van der Waals surface area contributed by atoms with E-state index in [1.54, 1.807) is 17.5 Å². The summed E-state index contributed by atoms with van der Waals surface area (Å²) in [7, 11) is -3.46. The molecule has 1 aliphatic heterocycles. The molecule has 3 aromatic rings. The zero-order valence-corrected chi connectivity index (χ0v) is 19.4. The van der Waals surface area contributed by atoms with Crippen molar-refractivity contribution in [2.24, 2.45) is 11.8 Å². The van der Waals surface area contributed by atoms with Crippen LogP contribution in [-0.2, 0) is 14.8 Å². The van der Waals surface area contributed by atoms with Crippen LogP contribution in [0.25, 0.3) is 11.0 Å². The summed E-state index contributed by atoms with van der Waals surface area (Å²) < 4.78 is 27.3. The second-order valence-electron chi connectivity index (χ2n) is 8.44. The summed E-state index contributed by atoms with van der Waals surface area (Å²) >= 11 is 1.22. The van der Waals surface area contributed by atoms with Crippen LogP contribution in [0.5, 0.6) is 0 Å². The number of benzene rings is 1. The molecule has 1 aliphatic rings. The lowest BCUT2D eigenvalue weighted by molar-refractivity contribution is -0.127. The maximum Gasteiger partial charge on any atom is 0.252 e. The minimum atomic E-state index is -3.46. The summed E-state index contributed by atoms with van der Waals surface area (Å²) in [6.45, 7) is 4.96. The first-order valence-corrected chi connectivity index (χ1v) is 12.9. The van der Waals surface area contributed by atoms with Gasteiger partial charge in [-0.2, -0.15) is 4.31 Å². The Morgan fingerprint density at radius 2 is 1.97 bits per heavy atom. The first-order chi connectivity index (χ1) is 14.8. The quantitative estimate of drug-likeness (QED) is 0.558. The highest BCUT2D eigenvalue weighted by atomic mass is 32.2. The van der Waals surface area contributed by atoms with Crippen molar-refractivity contribution in [1.82, 2.24) is 19.6 Å². The number of nitrogens with one attached hydrogen (secondary N) is 2. The Morgan fingerprint density at radius 3 is 2.61 bits per heavy atom. The van der Waals surface area contributed by atoms with Gasteiger partial charge in [-0.25, -0.2) is 13.4 Å². The van der Waals surface area contributed by atoms with Gasteiger partial charge in [0.15, 0.2) is 0 Å². The van der Waals surface area contributed by atoms with Gasteiger partial charge in [0.05, 0.1) is 17.1 Å². The van der Waals surface area contributed by atoms with Crippen LogP contribution in [0.1, 0.15) is 45.0 Å². The van der Waals surface area contributed by atoms with Gasteiger partial charge in [0.25, 0.3) is 10.0 Å². The number of hydrogen-bond acceptors (Lipinski definition) is 5. The summed E-state index contributed by atoms with van der Waals surface area (Å²) in [6, 6.07) is 11.0. The largest absolute Gasteiger partial charge is 0.346 e. The highest BCUT2D eigenvalue weighted by Gasteiger charge is 2.33. The third-order valence-corrected chi connectivity index (χ3v) is 8.95. The zero-order chi connectivity index (χ0) is 22.0. The van der Waals surface area contributed by atoms with Gasteiger partial charge in [-0.3, -0.25) is 4.79 Å². The van der Waals surface area contributed by atoms with E-state index in [1.165, 1.54) is 15.6 Å². The number of fused-ring (bicyclic) bond motifs is 1. The summed E-state index contributed by atoms with van der Waals surface area (Å²) in [5.41, 5.74) is 1.83. The van der Waals surface area contributed by atoms with Crippen LogP contribution in [-0.4, -0.2) is 41.7 Å². The summed E-state index contributed by atoms with van der Waals surface area (Å²) in [6.07, 6.45) is 1.81. The van der Waals surface area contributed by atoms with Gasteiger partial charge >= 0.3 is 0 Å². The van der Waals surface area contributed by atoms with Crippen LogP contribution < -0.4 is 5.32 Å². The molecule has 2 N–H and O–H groups in total. The second kappa shape index (κ2) is 9.10. The summed E-state index contributed by atoms with van der Waals surface area (Å²) in [5.74, 6) is 0.922. The molecule has 31 heavy (non-hydrogen) atoms. The number of amides is 1. The number of carbonyl (C=O) groups is 1. The first kappa shape index (κ1) is 22.0. The molecule has 3 heterocycles. The predicted molar refractivity (Wildman–Crippen MR) is 122 cm³/mol. The lowest BCUT2D eigenvalue weighted by Gasteiger charge is -2.31. The molecule has 1 fully saturated rings. The number of H-pyrrole nitrogens is 1. The topological polar surface area (TPSA) is 95.2 Å². The van der Waals surface area contributed by atoms with Gasteiger partial charge in [-0.1, -0.05) is 32.0 Å². The Bertz CT molecular complexity index is 1100. The van der Waals surface area contributed by atoms with Crippen molar-refractivity contribution in [2.45, 2.75) is 43.4 Å². The van der Waals surface area contributed by atoms with Crippen molar-refractivity contribution in [2.75, 3.05) is 13.1 Å². The highest BCUT2D eigenvalue weighted by Crippen LogP contribution is 2.28. The molecular weight excluding hydrogens is 432 g/mol. The number of hydrogen-bond donors (Lipinski definition) is 2. The lowest BCUT2D eigenvalue weighted by Crippen LogP contribution is -2.43. The van der Waals surface area contributed by atoms with Crippen molar-refractivity contribution in [3.63, 3.8) is 0 Å². The number of nitrogens with zero attached hydrogens (tertiary/aromatic N) is 2. The Hall–Kier alpha value is -2.23. The minimum absolute atomic E-state index is 0.0284. The normalized spacial score (nSPS) is 17.3. The molecular formula is C22H28N4O3S2. The van der Waals surface area contributed by atoms with Crippen LogP contribution in [0.3, 0.4) is 0 Å². The fourth-order valence-corrected chi connectivity index (χ4v) is 6.65. The Morgan fingerprint density at radius 1 is 1.23 bits per heavy atom. The number of aromatic nitrogens is 2. The third-order valence-electron chi connectivity index (χ3n) is 5.68. The van der Waals surface area contributed by atoms with E-state index in [2.05, 4.69) is 29.1 Å². The van der Waals surface area contributed by atoms with E-state index in [-0.39, 0.29) is 17.9 Å². The Labute approximate surface area is 186 Å². The standard InChI is InChI=1S/C22H28N4O3S2/c1-15(2)14-19(21-23-17-6-3-4-7-18(17)24-21)25-22(27)16-9-11-26(12-10-16)31(28,29)20-8-5-13-30-20/h3-8,13,15-16,19H,9-12,14H2,1-2H3,(H,23,24)(H,25,27). The van der Waals surface area contributed by atoms with Gasteiger partial charge < -0.3 is 10.3 Å². The fourth-order valence-electron chi connectivity index (χ4n) is 4.03. The van der Waals surface area contributed by atoms with E-state index in [9.17, 15) is 13.2 Å². The van der Waals surface area contributed by atoms with Crippen molar-refractivity contribution >= 4 is 38.3 Å². The van der Waals surface area contributed by atoms with E-state index in [0.717, 1.165) is 23.3 Å². The average molecular weight is 461 g/mol. The summed E-state index contributed by atoms with van der Waals surface area (Å²) in [5, 5.41) is 4.94. The number of thiophene rings is 1. The molecule has 1 aromatic carbocycles. The molecule has 0 aliphatic carbocycles. The minimum Gasteiger partial charge on any atom is -0.346 e. The van der Waals surface area contributed by atoms with Crippen LogP contribution in [0.2, 0.25) is 0 Å². The van der Waals surface area contributed by atoms with Crippen molar-refractivity contribution in [3.05, 3.63) is 47.6 Å². The molecule has 0 radical (unpaired) electrons. The molecule has 9 heteroatoms. The Kier molecular flexibility index (Phi) is 6.45. The molecule has 1 atom stereocenters. The molecule has 0 spiro atoms. The monoisotopic (exact) mass is 460 g/mol. The maximum absolute atomic E-state index is 13.0. The third kappa shape index (κ3) is 4.83. The highest BCUT2D eigenvalue weighted by molar-refractivity contribution is 7.91. The van der Waals surface area contributed by atoms with Gasteiger partial charge in [0.1, 0.15) is 10.0 Å². The molecule has 1 unspecified atom stereocenters. The van der Waals surface area contributed by atoms with Crippen LogP contribution >= 0.6 is 11.3 Å². The molecule has 2 aromatic heterocycles. The molecule has 1 amide bonds. The Balaban J connectivity index is 1.42. The van der Waals surface area contributed by atoms with Crippen LogP contribution in [0.15, 0.2) is 46.0 Å². The molecule has 0 bridgehead atoms. The number of piperidine rings is 1. The van der Waals surface area contributed by atoms with Crippen molar-refractivity contribution < 1.29 is 13.2 Å². The first-order valence-electron chi connectivity index (χ1n) is 10.6. The molecule has 1 saturated heterocycles. The van der Waals surface area contributed by atoms with Crippen LogP contribution in [0.4, 0.5) is 0 Å². The van der Waals surface area contributed by atoms with Crippen molar-refractivity contribution in [3.8, 4) is 0 Å². The van der Waals surface area contributed by atoms with E-state index < -0.39 is 10.0 Å². The SMILES string of the molecule is CC(C)CC(NC(=O)C1CCN(S(=O)(=O)c2cccs2)CC1)c1nc2ccccc2[nH]1. The van der Waals surface area contributed by atoms with Crippen molar-refractivity contribution in [1.29, 1.82) is 0 Å². The number of carbonyl (C=O) groups excluding carboxylic acids is 1. The number of para-hydroxylation sites is 2. The van der Waals surface area contributed by atoms with E-state index in [1.807, 2.05) is 24.3 Å². The number of rotatable bonds is 7. The second-order valence-corrected chi connectivity index (χ2v) is 11.6. The number of sulfonamides is 1.